The van der Waals surface area contributed by atoms with Gasteiger partial charge in [-0.25, -0.2) is 13.8 Å². The molecule has 7 heteroatoms. The number of hydrogen-bond donors (Lipinski definition) is 1. The van der Waals surface area contributed by atoms with Crippen molar-refractivity contribution in [2.75, 3.05) is 13.1 Å². The van der Waals surface area contributed by atoms with E-state index in [1.54, 1.807) is 30.3 Å². The molecule has 0 aliphatic heterocycles. The lowest BCUT2D eigenvalue weighted by Gasteiger charge is -2.21. The maximum Gasteiger partial charge on any atom is 0.255 e. The first-order valence-electron chi connectivity index (χ1n) is 13.0. The fourth-order valence-electron chi connectivity index (χ4n) is 4.39. The number of nitrogens with zero attached hydrogens (tertiary/aromatic N) is 2. The molecule has 0 spiro atoms. The van der Waals surface area contributed by atoms with Gasteiger partial charge in [0.05, 0.1) is 11.4 Å². The zero-order valence-corrected chi connectivity index (χ0v) is 21.5. The van der Waals surface area contributed by atoms with E-state index in [1.165, 1.54) is 49.3 Å². The van der Waals surface area contributed by atoms with E-state index in [2.05, 4.69) is 10.5 Å². The Kier molecular flexibility index (Phi) is 11.4. The lowest BCUT2D eigenvalue weighted by atomic mass is 10.00. The van der Waals surface area contributed by atoms with Gasteiger partial charge in [0, 0.05) is 12.3 Å². The van der Waals surface area contributed by atoms with Crippen LogP contribution in [0.5, 0.6) is 0 Å². The Hall–Kier alpha value is -2.51. The number of nitrogens with one attached hydrogen (secondary N) is 1. The Morgan fingerprint density at radius 2 is 1.29 bits per heavy atom. The number of benzene rings is 2. The smallest absolute Gasteiger partial charge is 0.255 e. The third-order valence-electron chi connectivity index (χ3n) is 6.46. The Balaban J connectivity index is 1.66. The predicted octanol–water partition coefficient (Wildman–Crippen LogP) is 5.70. The lowest BCUT2D eigenvalue weighted by molar-refractivity contribution is -0.121. The van der Waals surface area contributed by atoms with Crippen LogP contribution in [0, 0.1) is 0 Å². The van der Waals surface area contributed by atoms with Gasteiger partial charge in [0.25, 0.3) is 5.91 Å². The summed E-state index contributed by atoms with van der Waals surface area (Å²) in [6.07, 6.45) is 13.3. The van der Waals surface area contributed by atoms with E-state index in [0.29, 0.717) is 6.42 Å². The van der Waals surface area contributed by atoms with Crippen molar-refractivity contribution in [3.05, 3.63) is 66.2 Å². The van der Waals surface area contributed by atoms with Crippen molar-refractivity contribution in [1.82, 2.24) is 9.73 Å². The maximum absolute atomic E-state index is 13.3. The summed E-state index contributed by atoms with van der Waals surface area (Å²) in [6, 6.07) is 18.0. The standard InChI is InChI=1S/C28H39N3O3S/c32-28(30-29-26-18-12-6-4-2-1-3-5-7-13-19-26)24-31(23-22-25-16-10-8-11-17-25)35(33,34)27-20-14-9-15-21-27/h8-11,14-17,20-21H,1-7,12-13,18-19,22-24H2,(H,30,32). The van der Waals surface area contributed by atoms with Crippen LogP contribution in [-0.4, -0.2) is 37.4 Å². The Morgan fingerprint density at radius 3 is 1.86 bits per heavy atom. The first-order chi connectivity index (χ1) is 17.1. The number of amides is 1. The fraction of sp³-hybridized carbons (Fsp3) is 0.500. The van der Waals surface area contributed by atoms with Crippen LogP contribution in [0.3, 0.4) is 0 Å². The minimum atomic E-state index is -3.81. The molecule has 1 N–H and O–H groups in total. The van der Waals surface area contributed by atoms with Crippen molar-refractivity contribution in [3.63, 3.8) is 0 Å². The van der Waals surface area contributed by atoms with E-state index < -0.39 is 15.9 Å². The Bertz CT molecular complexity index is 1010. The van der Waals surface area contributed by atoms with Gasteiger partial charge in [0.2, 0.25) is 10.0 Å². The molecule has 1 fully saturated rings. The molecule has 0 atom stereocenters. The summed E-state index contributed by atoms with van der Waals surface area (Å²) >= 11 is 0. The maximum atomic E-state index is 13.3. The third kappa shape index (κ3) is 9.57. The average molecular weight is 498 g/mol. The monoisotopic (exact) mass is 497 g/mol. The molecule has 1 aliphatic rings. The van der Waals surface area contributed by atoms with Gasteiger partial charge in [-0.2, -0.15) is 9.41 Å². The number of hydrazone groups is 1. The molecule has 0 heterocycles. The summed E-state index contributed by atoms with van der Waals surface area (Å²) in [5.41, 5.74) is 4.70. The van der Waals surface area contributed by atoms with E-state index in [0.717, 1.165) is 37.0 Å². The lowest BCUT2D eigenvalue weighted by Crippen LogP contribution is -2.40. The SMILES string of the molecule is O=C(CN(CCc1ccccc1)S(=O)(=O)c1ccccc1)NN=C1CCCCCCCCCCC1. The average Bonchev–Trinajstić information content (AvgIpc) is 2.87. The molecule has 6 nitrogen and oxygen atoms in total. The van der Waals surface area contributed by atoms with Crippen LogP contribution < -0.4 is 5.43 Å². The van der Waals surface area contributed by atoms with Crippen LogP contribution in [0.15, 0.2) is 70.7 Å². The largest absolute Gasteiger partial charge is 0.272 e. The summed E-state index contributed by atoms with van der Waals surface area (Å²) in [7, 11) is -3.81. The van der Waals surface area contributed by atoms with Gasteiger partial charge in [-0.3, -0.25) is 4.79 Å². The fourth-order valence-corrected chi connectivity index (χ4v) is 5.81. The number of hydrogen-bond acceptors (Lipinski definition) is 4. The van der Waals surface area contributed by atoms with E-state index in [4.69, 9.17) is 0 Å². The number of carbonyl (C=O) groups is 1. The second-order valence-electron chi connectivity index (χ2n) is 9.28. The van der Waals surface area contributed by atoms with Gasteiger partial charge in [0.15, 0.2) is 0 Å². The first kappa shape index (κ1) is 27.1. The minimum absolute atomic E-state index is 0.187. The summed E-state index contributed by atoms with van der Waals surface area (Å²) in [4.78, 5) is 13.0. The van der Waals surface area contributed by atoms with Gasteiger partial charge >= 0.3 is 0 Å². The van der Waals surface area contributed by atoms with Crippen LogP contribution in [0.25, 0.3) is 0 Å². The molecule has 2 aromatic rings. The molecule has 0 aromatic heterocycles. The molecule has 1 saturated carbocycles. The molecule has 3 rings (SSSR count). The Morgan fingerprint density at radius 1 is 0.771 bits per heavy atom. The van der Waals surface area contributed by atoms with Gasteiger partial charge in [-0.1, -0.05) is 93.5 Å². The molecular formula is C28H39N3O3S. The van der Waals surface area contributed by atoms with Gasteiger partial charge in [-0.05, 0) is 49.8 Å². The number of carbonyl (C=O) groups excluding carboxylic acids is 1. The van der Waals surface area contributed by atoms with Crippen molar-refractivity contribution in [1.29, 1.82) is 0 Å². The van der Waals surface area contributed by atoms with Gasteiger partial charge in [-0.15, -0.1) is 0 Å². The van der Waals surface area contributed by atoms with Crippen LogP contribution in [0.2, 0.25) is 0 Å². The van der Waals surface area contributed by atoms with Crippen molar-refractivity contribution in [2.45, 2.75) is 81.9 Å². The molecule has 0 saturated heterocycles. The molecule has 1 aliphatic carbocycles. The highest BCUT2D eigenvalue weighted by Gasteiger charge is 2.26. The first-order valence-corrected chi connectivity index (χ1v) is 14.4. The van der Waals surface area contributed by atoms with Crippen LogP contribution in [-0.2, 0) is 21.2 Å². The minimum Gasteiger partial charge on any atom is -0.272 e. The molecule has 2 aromatic carbocycles. The summed E-state index contributed by atoms with van der Waals surface area (Å²) < 4.78 is 27.9. The molecular weight excluding hydrogens is 458 g/mol. The summed E-state index contributed by atoms with van der Waals surface area (Å²) in [5, 5.41) is 4.43. The van der Waals surface area contributed by atoms with Crippen LogP contribution in [0.4, 0.5) is 0 Å². The van der Waals surface area contributed by atoms with E-state index in [-0.39, 0.29) is 18.0 Å². The summed E-state index contributed by atoms with van der Waals surface area (Å²) in [5.74, 6) is -0.406. The zero-order chi connectivity index (χ0) is 24.8. The number of sulfonamides is 1. The van der Waals surface area contributed by atoms with Crippen molar-refractivity contribution in [2.24, 2.45) is 5.10 Å². The molecule has 1 amide bonds. The van der Waals surface area contributed by atoms with Gasteiger partial charge in [0.1, 0.15) is 0 Å². The van der Waals surface area contributed by atoms with Crippen LogP contribution in [0.1, 0.15) is 76.2 Å². The molecule has 0 radical (unpaired) electrons. The van der Waals surface area contributed by atoms with Crippen LogP contribution >= 0.6 is 0 Å². The van der Waals surface area contributed by atoms with E-state index in [1.807, 2.05) is 30.3 Å². The normalized spacial score (nSPS) is 16.2. The highest BCUT2D eigenvalue weighted by Crippen LogP contribution is 2.17. The molecule has 0 bridgehead atoms. The second-order valence-corrected chi connectivity index (χ2v) is 11.2. The Labute approximate surface area is 210 Å². The molecule has 35 heavy (non-hydrogen) atoms. The van der Waals surface area contributed by atoms with E-state index in [9.17, 15) is 13.2 Å². The quantitative estimate of drug-likeness (QED) is 0.475. The predicted molar refractivity (Wildman–Crippen MR) is 142 cm³/mol. The summed E-state index contributed by atoms with van der Waals surface area (Å²) in [6.45, 7) is -0.0495. The highest BCUT2D eigenvalue weighted by molar-refractivity contribution is 7.89. The number of rotatable bonds is 8. The third-order valence-corrected chi connectivity index (χ3v) is 8.32. The molecule has 0 unspecified atom stereocenters. The van der Waals surface area contributed by atoms with E-state index >= 15 is 0 Å². The molecule has 190 valence electrons. The van der Waals surface area contributed by atoms with Gasteiger partial charge < -0.3 is 0 Å². The van der Waals surface area contributed by atoms with Crippen molar-refractivity contribution in [3.8, 4) is 0 Å². The van der Waals surface area contributed by atoms with Crippen molar-refractivity contribution < 1.29 is 13.2 Å². The van der Waals surface area contributed by atoms with Crippen molar-refractivity contribution >= 4 is 21.6 Å². The second kappa shape index (κ2) is 14.8. The topological polar surface area (TPSA) is 78.8 Å². The zero-order valence-electron chi connectivity index (χ0n) is 20.7. The highest BCUT2D eigenvalue weighted by atomic mass is 32.2.